The summed E-state index contributed by atoms with van der Waals surface area (Å²) in [6, 6.07) is 16.1. The molecule has 1 amide bonds. The van der Waals surface area contributed by atoms with Gasteiger partial charge in [-0.1, -0.05) is 58.7 Å². The number of benzene rings is 2. The van der Waals surface area contributed by atoms with E-state index in [1.165, 1.54) is 19.3 Å². The molecule has 3 unspecified atom stereocenters. The van der Waals surface area contributed by atoms with Crippen molar-refractivity contribution < 1.29 is 19.4 Å². The van der Waals surface area contributed by atoms with Crippen molar-refractivity contribution >= 4 is 21.8 Å². The zero-order valence-corrected chi connectivity index (χ0v) is 20.2. The highest BCUT2D eigenvalue weighted by Crippen LogP contribution is 2.44. The number of aliphatic hydroxyl groups excluding tert-OH is 1. The van der Waals surface area contributed by atoms with Gasteiger partial charge in [0.1, 0.15) is 0 Å². The van der Waals surface area contributed by atoms with Gasteiger partial charge in [0.15, 0.2) is 5.76 Å². The molecule has 33 heavy (non-hydrogen) atoms. The average molecular weight is 512 g/mol. The molecular weight excluding hydrogens is 482 g/mol. The van der Waals surface area contributed by atoms with Crippen LogP contribution in [0, 0.1) is 11.8 Å². The number of halogens is 1. The standard InChI is InChI=1S/C27H30BrNO4/c28-23-9-7-20(8-10-23)22-13-25(27(31)29-24-12-19-5-6-21(24)11-19)33-26(14-22)32-16-18-3-1-17(15-30)2-4-18/h1-4,7-10,13,19,21-22,24,26,30H,5-6,11-12,14-16H2,(H,29,31)/t19?,21?,22-,24?,26+/m1/s1. The van der Waals surface area contributed by atoms with Gasteiger partial charge in [0.2, 0.25) is 6.29 Å². The first-order valence-electron chi connectivity index (χ1n) is 11.8. The second-order valence-electron chi connectivity index (χ2n) is 9.51. The van der Waals surface area contributed by atoms with Crippen LogP contribution in [0.25, 0.3) is 0 Å². The Morgan fingerprint density at radius 2 is 1.79 bits per heavy atom. The van der Waals surface area contributed by atoms with Crippen molar-refractivity contribution in [3.63, 3.8) is 0 Å². The Bertz CT molecular complexity index is 1000. The number of hydrogen-bond donors (Lipinski definition) is 2. The second-order valence-corrected chi connectivity index (χ2v) is 10.4. The molecule has 2 aromatic carbocycles. The van der Waals surface area contributed by atoms with E-state index in [2.05, 4.69) is 33.4 Å². The summed E-state index contributed by atoms with van der Waals surface area (Å²) in [5.41, 5.74) is 3.00. The number of carbonyl (C=O) groups excluding carboxylic acids is 1. The average Bonchev–Trinajstić information content (AvgIpc) is 3.47. The fraction of sp³-hybridized carbons (Fsp3) is 0.444. The number of nitrogens with one attached hydrogen (secondary N) is 1. The van der Waals surface area contributed by atoms with Crippen LogP contribution >= 0.6 is 15.9 Å². The molecule has 5 rings (SSSR count). The molecule has 2 saturated carbocycles. The Kier molecular flexibility index (Phi) is 6.86. The van der Waals surface area contributed by atoms with Crippen molar-refractivity contribution in [2.45, 2.75) is 63.6 Å². The lowest BCUT2D eigenvalue weighted by Crippen LogP contribution is -2.41. The summed E-state index contributed by atoms with van der Waals surface area (Å²) in [6.45, 7) is 0.401. The predicted octanol–water partition coefficient (Wildman–Crippen LogP) is 5.18. The maximum Gasteiger partial charge on any atom is 0.286 e. The molecule has 5 atom stereocenters. The lowest BCUT2D eigenvalue weighted by Gasteiger charge is -2.31. The summed E-state index contributed by atoms with van der Waals surface area (Å²) in [7, 11) is 0. The summed E-state index contributed by atoms with van der Waals surface area (Å²) in [5.74, 6) is 1.65. The Morgan fingerprint density at radius 3 is 2.45 bits per heavy atom. The number of ether oxygens (including phenoxy) is 2. The van der Waals surface area contributed by atoms with E-state index in [4.69, 9.17) is 9.47 Å². The molecule has 5 nitrogen and oxygen atoms in total. The van der Waals surface area contributed by atoms with Gasteiger partial charge in [-0.2, -0.15) is 0 Å². The number of rotatable bonds is 7. The van der Waals surface area contributed by atoms with Crippen LogP contribution in [0.2, 0.25) is 0 Å². The van der Waals surface area contributed by atoms with Gasteiger partial charge >= 0.3 is 0 Å². The molecule has 6 heteroatoms. The van der Waals surface area contributed by atoms with Crippen LogP contribution in [-0.4, -0.2) is 23.3 Å². The first-order valence-corrected chi connectivity index (χ1v) is 12.6. The van der Waals surface area contributed by atoms with Crippen LogP contribution in [-0.2, 0) is 27.5 Å². The molecule has 2 N–H and O–H groups in total. The van der Waals surface area contributed by atoms with Crippen molar-refractivity contribution in [2.24, 2.45) is 11.8 Å². The monoisotopic (exact) mass is 511 g/mol. The van der Waals surface area contributed by atoms with E-state index in [1.54, 1.807) is 0 Å². The molecule has 2 aliphatic carbocycles. The van der Waals surface area contributed by atoms with Crippen LogP contribution in [0.5, 0.6) is 0 Å². The van der Waals surface area contributed by atoms with Gasteiger partial charge in [0.25, 0.3) is 5.91 Å². The van der Waals surface area contributed by atoms with E-state index in [9.17, 15) is 9.90 Å². The Balaban J connectivity index is 1.29. The van der Waals surface area contributed by atoms with Gasteiger partial charge in [-0.3, -0.25) is 4.79 Å². The van der Waals surface area contributed by atoms with E-state index < -0.39 is 6.29 Å². The Morgan fingerprint density at radius 1 is 1.03 bits per heavy atom. The maximum atomic E-state index is 13.2. The number of allylic oxidation sites excluding steroid dienone is 1. The minimum atomic E-state index is -0.512. The maximum absolute atomic E-state index is 13.2. The van der Waals surface area contributed by atoms with E-state index in [-0.39, 0.29) is 24.5 Å². The number of aliphatic hydroxyl groups is 1. The van der Waals surface area contributed by atoms with Crippen molar-refractivity contribution in [2.75, 3.05) is 0 Å². The number of hydrogen-bond acceptors (Lipinski definition) is 4. The summed E-state index contributed by atoms with van der Waals surface area (Å²) < 4.78 is 13.2. The summed E-state index contributed by atoms with van der Waals surface area (Å²) in [5, 5.41) is 12.5. The lowest BCUT2D eigenvalue weighted by molar-refractivity contribution is -0.150. The van der Waals surface area contributed by atoms with Gasteiger partial charge in [-0.25, -0.2) is 0 Å². The normalized spacial score (nSPS) is 28.3. The minimum Gasteiger partial charge on any atom is -0.459 e. The highest BCUT2D eigenvalue weighted by molar-refractivity contribution is 9.10. The molecule has 1 aliphatic heterocycles. The molecule has 1 heterocycles. The zero-order chi connectivity index (χ0) is 22.8. The van der Waals surface area contributed by atoms with Crippen LogP contribution in [0.4, 0.5) is 0 Å². The second kappa shape index (κ2) is 10.00. The molecule has 2 aromatic rings. The zero-order valence-electron chi connectivity index (χ0n) is 18.6. The smallest absolute Gasteiger partial charge is 0.286 e. The largest absolute Gasteiger partial charge is 0.459 e. The number of carbonyl (C=O) groups is 1. The van der Waals surface area contributed by atoms with Crippen molar-refractivity contribution in [1.82, 2.24) is 5.32 Å². The van der Waals surface area contributed by atoms with Gasteiger partial charge in [0, 0.05) is 22.9 Å². The van der Waals surface area contributed by atoms with Gasteiger partial charge < -0.3 is 19.9 Å². The highest BCUT2D eigenvalue weighted by Gasteiger charge is 2.41. The summed E-state index contributed by atoms with van der Waals surface area (Å²) >= 11 is 3.50. The van der Waals surface area contributed by atoms with E-state index >= 15 is 0 Å². The van der Waals surface area contributed by atoms with Crippen LogP contribution in [0.15, 0.2) is 64.8 Å². The molecule has 3 aliphatic rings. The van der Waals surface area contributed by atoms with E-state index in [0.717, 1.165) is 33.5 Å². The molecule has 2 bridgehead atoms. The van der Waals surface area contributed by atoms with E-state index in [0.29, 0.717) is 24.7 Å². The fourth-order valence-corrected chi connectivity index (χ4v) is 5.72. The van der Waals surface area contributed by atoms with Crippen molar-refractivity contribution in [3.05, 3.63) is 81.5 Å². The molecule has 0 aromatic heterocycles. The lowest BCUT2D eigenvalue weighted by atomic mass is 9.92. The fourth-order valence-electron chi connectivity index (χ4n) is 5.45. The van der Waals surface area contributed by atoms with Gasteiger partial charge in [-0.15, -0.1) is 0 Å². The van der Waals surface area contributed by atoms with Crippen molar-refractivity contribution in [3.8, 4) is 0 Å². The first kappa shape index (κ1) is 22.6. The highest BCUT2D eigenvalue weighted by atomic mass is 79.9. The van der Waals surface area contributed by atoms with Crippen molar-refractivity contribution in [1.29, 1.82) is 0 Å². The first-order chi connectivity index (χ1) is 16.1. The third-order valence-corrected chi connectivity index (χ3v) is 7.80. The third-order valence-electron chi connectivity index (χ3n) is 7.28. The summed E-state index contributed by atoms with van der Waals surface area (Å²) in [6.07, 6.45) is 6.93. The topological polar surface area (TPSA) is 67.8 Å². The number of amides is 1. The Hall–Kier alpha value is -2.15. The van der Waals surface area contributed by atoms with E-state index in [1.807, 2.05) is 42.5 Å². The van der Waals surface area contributed by atoms with Gasteiger partial charge in [-0.05, 0) is 66.0 Å². The molecule has 174 valence electrons. The molecular formula is C27H30BrNO4. The van der Waals surface area contributed by atoms with Crippen LogP contribution in [0.3, 0.4) is 0 Å². The SMILES string of the molecule is O=C(NC1CC2CCC1C2)C1=C[C@@H](c2ccc(Br)cc2)C[C@@H](OCc2ccc(CO)cc2)O1. The molecule has 0 radical (unpaired) electrons. The third kappa shape index (κ3) is 5.34. The van der Waals surface area contributed by atoms with Crippen LogP contribution in [0.1, 0.15) is 54.7 Å². The molecule has 0 saturated heterocycles. The molecule has 0 spiro atoms. The summed E-state index contributed by atoms with van der Waals surface area (Å²) in [4.78, 5) is 13.2. The molecule has 2 fully saturated rings. The van der Waals surface area contributed by atoms with Gasteiger partial charge in [0.05, 0.1) is 13.2 Å². The Labute approximate surface area is 203 Å². The quantitative estimate of drug-likeness (QED) is 0.537. The predicted molar refractivity (Wildman–Crippen MR) is 129 cm³/mol. The van der Waals surface area contributed by atoms with Crippen LogP contribution < -0.4 is 5.32 Å². The number of fused-ring (bicyclic) bond motifs is 2. The minimum absolute atomic E-state index is 0.0214.